The molecule has 0 spiro atoms. The van der Waals surface area contributed by atoms with Crippen LogP contribution >= 0.6 is 0 Å². The van der Waals surface area contributed by atoms with Crippen molar-refractivity contribution < 1.29 is 58.4 Å². The first kappa shape index (κ1) is 33.9. The zero-order valence-electron chi connectivity index (χ0n) is 25.5. The maximum atomic E-state index is 13.1. The van der Waals surface area contributed by atoms with Crippen LogP contribution in [0.15, 0.2) is 29.1 Å². The number of amides is 1. The maximum Gasteiger partial charge on any atom is 0.306 e. The minimum atomic E-state index is -1.76. The molecule has 0 bridgehead atoms. The number of methoxy groups -OCH3 is 4. The van der Waals surface area contributed by atoms with Gasteiger partial charge in [0.25, 0.3) is 0 Å². The third-order valence-electron chi connectivity index (χ3n) is 7.95. The second kappa shape index (κ2) is 14.9. The highest BCUT2D eigenvalue weighted by Crippen LogP contribution is 2.50. The van der Waals surface area contributed by atoms with Crippen molar-refractivity contribution in [1.82, 2.24) is 5.32 Å². The molecule has 4 rings (SSSR count). The molecule has 0 radical (unpaired) electrons. The fourth-order valence-corrected chi connectivity index (χ4v) is 5.69. The molecule has 6 atom stereocenters. The van der Waals surface area contributed by atoms with E-state index in [-0.39, 0.29) is 36.3 Å². The van der Waals surface area contributed by atoms with Crippen LogP contribution in [0.1, 0.15) is 42.9 Å². The van der Waals surface area contributed by atoms with E-state index in [0.717, 1.165) is 5.56 Å². The van der Waals surface area contributed by atoms with Gasteiger partial charge in [0.05, 0.1) is 41.1 Å². The third kappa shape index (κ3) is 7.15. The number of carbonyl (C=O) groups is 2. The molecule has 1 fully saturated rings. The van der Waals surface area contributed by atoms with Crippen molar-refractivity contribution in [2.24, 2.45) is 0 Å². The van der Waals surface area contributed by atoms with Crippen LogP contribution in [-0.4, -0.2) is 98.1 Å². The minimum absolute atomic E-state index is 0.0667. The van der Waals surface area contributed by atoms with Gasteiger partial charge in [0, 0.05) is 18.4 Å². The molecule has 246 valence electrons. The van der Waals surface area contributed by atoms with Crippen molar-refractivity contribution in [3.63, 3.8) is 0 Å². The molecule has 1 amide bonds. The van der Waals surface area contributed by atoms with Crippen LogP contribution in [-0.2, 0) is 25.5 Å². The average molecular weight is 634 g/mol. The molecule has 1 saturated heterocycles. The number of hydrogen-bond acceptors (Lipinski definition) is 13. The molecule has 14 nitrogen and oxygen atoms in total. The Hall–Kier alpha value is -3.95. The van der Waals surface area contributed by atoms with Crippen LogP contribution in [0, 0.1) is 0 Å². The molecular weight excluding hydrogens is 594 g/mol. The van der Waals surface area contributed by atoms with Gasteiger partial charge in [-0.25, -0.2) is 0 Å². The van der Waals surface area contributed by atoms with Crippen LogP contribution in [0.25, 0.3) is 11.1 Å². The van der Waals surface area contributed by atoms with Gasteiger partial charge < -0.3 is 54.2 Å². The molecule has 14 heteroatoms. The van der Waals surface area contributed by atoms with Crippen molar-refractivity contribution >= 4 is 11.9 Å². The normalized spacial score (nSPS) is 23.9. The number of ether oxygens (including phenoxy) is 6. The molecule has 2 aromatic rings. The number of carbonyl (C=O) groups excluding carboxylic acids is 2. The Morgan fingerprint density at radius 3 is 2.29 bits per heavy atom. The van der Waals surface area contributed by atoms with E-state index < -0.39 is 49.3 Å². The van der Waals surface area contributed by atoms with Crippen molar-refractivity contribution in [3.05, 3.63) is 45.6 Å². The van der Waals surface area contributed by atoms with Crippen molar-refractivity contribution in [2.45, 2.75) is 68.9 Å². The fourth-order valence-electron chi connectivity index (χ4n) is 5.69. The molecule has 0 aromatic heterocycles. The van der Waals surface area contributed by atoms with E-state index in [1.807, 2.05) is 6.07 Å². The lowest BCUT2D eigenvalue weighted by Gasteiger charge is -2.39. The molecule has 1 unspecified atom stereocenters. The minimum Gasteiger partial charge on any atom is -0.493 e. The first-order valence-electron chi connectivity index (χ1n) is 14.4. The lowest BCUT2D eigenvalue weighted by molar-refractivity contribution is -0.289. The molecule has 2 aliphatic rings. The zero-order valence-corrected chi connectivity index (χ0v) is 25.5. The molecule has 1 aliphatic heterocycles. The predicted octanol–water partition coefficient (Wildman–Crippen LogP) is 0.365. The summed E-state index contributed by atoms with van der Waals surface area (Å²) >= 11 is 0. The molecule has 2 aromatic carbocycles. The number of hydrogen-bond donors (Lipinski definition) is 5. The fraction of sp³-hybridized carbons (Fsp3) is 0.516. The highest BCUT2D eigenvalue weighted by Gasteiger charge is 2.46. The molecule has 1 heterocycles. The topological polar surface area (TPSA) is 200 Å². The zero-order chi connectivity index (χ0) is 32.8. The summed E-state index contributed by atoms with van der Waals surface area (Å²) in [5.74, 6) is 0.159. The Labute approximate surface area is 259 Å². The number of aliphatic hydroxyl groups excluding tert-OH is 4. The highest BCUT2D eigenvalue weighted by atomic mass is 16.7. The second-order valence-electron chi connectivity index (χ2n) is 10.7. The Morgan fingerprint density at radius 1 is 0.933 bits per heavy atom. The van der Waals surface area contributed by atoms with E-state index in [1.165, 1.54) is 34.5 Å². The van der Waals surface area contributed by atoms with Gasteiger partial charge in [0.2, 0.25) is 17.1 Å². The van der Waals surface area contributed by atoms with Gasteiger partial charge >= 0.3 is 5.97 Å². The van der Waals surface area contributed by atoms with Gasteiger partial charge in [0.15, 0.2) is 29.6 Å². The van der Waals surface area contributed by atoms with E-state index in [1.54, 1.807) is 12.1 Å². The van der Waals surface area contributed by atoms with Gasteiger partial charge in [-0.1, -0.05) is 6.07 Å². The van der Waals surface area contributed by atoms with Gasteiger partial charge in [0.1, 0.15) is 18.3 Å². The van der Waals surface area contributed by atoms with E-state index >= 15 is 0 Å². The number of fused-ring (bicyclic) bond motifs is 3. The molecular formula is C31H39NO13. The first-order valence-corrected chi connectivity index (χ1v) is 14.4. The van der Waals surface area contributed by atoms with E-state index in [9.17, 15) is 34.8 Å². The summed E-state index contributed by atoms with van der Waals surface area (Å²) in [7, 11) is 5.91. The lowest BCUT2D eigenvalue weighted by atomic mass is 9.95. The van der Waals surface area contributed by atoms with Crippen LogP contribution < -0.4 is 29.7 Å². The first-order chi connectivity index (χ1) is 21.6. The Balaban J connectivity index is 1.53. The summed E-state index contributed by atoms with van der Waals surface area (Å²) in [5.41, 5.74) is 2.34. The summed E-state index contributed by atoms with van der Waals surface area (Å²) in [6.45, 7) is -0.666. The SMILES string of the molecule is COc1cc2c(c(OC)c1OC)-c1ccc(OC)c(=O)cc1[C@@H](NC(=O)CCCC(=O)O[C@H]1[C@H](O)[C@@H](CO)OC(O)[C@@H]1O)CC2. The Kier molecular flexibility index (Phi) is 11.2. The van der Waals surface area contributed by atoms with Crippen LogP contribution in [0.4, 0.5) is 0 Å². The van der Waals surface area contributed by atoms with Crippen LogP contribution in [0.3, 0.4) is 0 Å². The molecule has 5 N–H and O–H groups in total. The average Bonchev–Trinajstić information content (AvgIpc) is 3.27. The van der Waals surface area contributed by atoms with Crippen molar-refractivity contribution in [3.8, 4) is 34.1 Å². The summed E-state index contributed by atoms with van der Waals surface area (Å²) in [4.78, 5) is 38.6. The van der Waals surface area contributed by atoms with Crippen molar-refractivity contribution in [1.29, 1.82) is 0 Å². The summed E-state index contributed by atoms with van der Waals surface area (Å²) in [5, 5.41) is 42.4. The Bertz CT molecular complexity index is 1450. The molecule has 0 saturated carbocycles. The van der Waals surface area contributed by atoms with E-state index in [2.05, 4.69) is 5.32 Å². The van der Waals surface area contributed by atoms with Gasteiger partial charge in [-0.15, -0.1) is 0 Å². The van der Waals surface area contributed by atoms with E-state index in [4.69, 9.17) is 28.4 Å². The third-order valence-corrected chi connectivity index (χ3v) is 7.95. The Morgan fingerprint density at radius 2 is 1.64 bits per heavy atom. The number of benzene rings is 1. The monoisotopic (exact) mass is 633 g/mol. The van der Waals surface area contributed by atoms with Gasteiger partial charge in [-0.2, -0.15) is 0 Å². The molecule has 1 aliphatic carbocycles. The lowest BCUT2D eigenvalue weighted by Crippen LogP contribution is -2.59. The van der Waals surface area contributed by atoms with Gasteiger partial charge in [-0.05, 0) is 54.2 Å². The standard InChI is InChI=1S/C31H39NO13/c1-40-20-11-9-16-17(13-19(20)34)18(10-8-15-12-21(41-2)28(42-3)29(43-4)25(15)16)32-23(35)6-5-7-24(36)45-30-26(37)22(14-33)44-31(39)27(30)38/h9,11-13,18,22,26-27,30-31,33,37-39H,5-8,10,14H2,1-4H3,(H,32,35)/t18-,22+,26+,27+,30-,31?/m0/s1. The summed E-state index contributed by atoms with van der Waals surface area (Å²) in [6.07, 6.45) is -7.16. The maximum absolute atomic E-state index is 13.1. The van der Waals surface area contributed by atoms with Crippen LogP contribution in [0.2, 0.25) is 0 Å². The summed E-state index contributed by atoms with van der Waals surface area (Å²) in [6, 6.07) is 5.97. The smallest absolute Gasteiger partial charge is 0.306 e. The number of nitrogens with one attached hydrogen (secondary N) is 1. The quantitative estimate of drug-likeness (QED) is 0.213. The van der Waals surface area contributed by atoms with Crippen LogP contribution in [0.5, 0.6) is 23.0 Å². The molecule has 45 heavy (non-hydrogen) atoms. The number of rotatable bonds is 11. The van der Waals surface area contributed by atoms with E-state index in [0.29, 0.717) is 46.8 Å². The summed E-state index contributed by atoms with van der Waals surface area (Å²) < 4.78 is 32.2. The second-order valence-corrected chi connectivity index (χ2v) is 10.7. The highest BCUT2D eigenvalue weighted by molar-refractivity contribution is 5.84. The predicted molar refractivity (Wildman–Crippen MR) is 157 cm³/mol. The van der Waals surface area contributed by atoms with Gasteiger partial charge in [-0.3, -0.25) is 14.4 Å². The number of esters is 1. The largest absolute Gasteiger partial charge is 0.493 e. The number of aryl methyl sites for hydroxylation is 1. The van der Waals surface area contributed by atoms with Crippen molar-refractivity contribution in [2.75, 3.05) is 35.0 Å². The number of aliphatic hydroxyl groups is 4.